The number of carbonyl (C=O) groups is 3. The molecule has 0 aromatic heterocycles. The number of rotatable bonds is 16. The molecule has 1 aliphatic rings. The van der Waals surface area contributed by atoms with Crippen LogP contribution in [0.3, 0.4) is 0 Å². The summed E-state index contributed by atoms with van der Waals surface area (Å²) >= 11 is 0. The standard InChI is InChI=1S/C22H33N3O4/c1-5-18(26)22(11-9-12-23-19(27)6-2)16-17(22)10-14-25(21(29)8-4)15-13-24-20(28)7-3/h5-8,17,20,24,28H,1-4,9-16H2,(H,23,27). The molecule has 0 aromatic carbocycles. The van der Waals surface area contributed by atoms with Crippen molar-refractivity contribution in [3.8, 4) is 0 Å². The summed E-state index contributed by atoms with van der Waals surface area (Å²) in [5, 5.41) is 15.0. The first-order valence-electron chi connectivity index (χ1n) is 9.87. The molecular weight excluding hydrogens is 370 g/mol. The fourth-order valence-corrected chi connectivity index (χ4v) is 3.58. The third-order valence-corrected chi connectivity index (χ3v) is 5.38. The van der Waals surface area contributed by atoms with E-state index in [0.717, 1.165) is 6.42 Å². The van der Waals surface area contributed by atoms with E-state index in [1.54, 1.807) is 4.90 Å². The number of amides is 2. The molecule has 0 radical (unpaired) electrons. The van der Waals surface area contributed by atoms with Crippen molar-refractivity contribution in [2.24, 2.45) is 11.3 Å². The zero-order valence-electron chi connectivity index (χ0n) is 17.1. The Morgan fingerprint density at radius 1 is 1.10 bits per heavy atom. The lowest BCUT2D eigenvalue weighted by atomic mass is 9.90. The number of nitrogens with one attached hydrogen (secondary N) is 2. The monoisotopic (exact) mass is 403 g/mol. The topological polar surface area (TPSA) is 98.7 Å². The van der Waals surface area contributed by atoms with E-state index in [0.29, 0.717) is 45.4 Å². The van der Waals surface area contributed by atoms with Crippen LogP contribution in [-0.4, -0.2) is 60.0 Å². The van der Waals surface area contributed by atoms with Gasteiger partial charge in [0.2, 0.25) is 11.8 Å². The van der Waals surface area contributed by atoms with E-state index >= 15 is 0 Å². The molecule has 1 rings (SSSR count). The minimum Gasteiger partial charge on any atom is -0.375 e. The van der Waals surface area contributed by atoms with Gasteiger partial charge in [0, 0.05) is 31.6 Å². The number of hydrogen-bond acceptors (Lipinski definition) is 5. The quantitative estimate of drug-likeness (QED) is 0.156. The van der Waals surface area contributed by atoms with Crippen molar-refractivity contribution < 1.29 is 19.5 Å². The maximum absolute atomic E-state index is 12.4. The number of allylic oxidation sites excluding steroid dienone is 1. The molecule has 2 amide bonds. The first kappa shape index (κ1) is 24.5. The van der Waals surface area contributed by atoms with E-state index in [1.807, 2.05) is 0 Å². The Bertz CT molecular complexity index is 646. The number of aliphatic hydroxyl groups is 1. The van der Waals surface area contributed by atoms with Crippen molar-refractivity contribution in [2.45, 2.75) is 31.9 Å². The number of hydrogen-bond donors (Lipinski definition) is 3. The number of ketones is 1. The molecule has 0 heterocycles. The van der Waals surface area contributed by atoms with Gasteiger partial charge in [-0.1, -0.05) is 26.3 Å². The summed E-state index contributed by atoms with van der Waals surface area (Å²) in [4.78, 5) is 37.4. The molecule has 0 spiro atoms. The summed E-state index contributed by atoms with van der Waals surface area (Å²) in [5.41, 5.74) is -0.444. The van der Waals surface area contributed by atoms with Crippen LogP contribution in [-0.2, 0) is 14.4 Å². The van der Waals surface area contributed by atoms with Crippen molar-refractivity contribution in [3.05, 3.63) is 50.6 Å². The van der Waals surface area contributed by atoms with Crippen molar-refractivity contribution >= 4 is 17.6 Å². The normalized spacial score (nSPS) is 20.8. The van der Waals surface area contributed by atoms with Gasteiger partial charge in [0.25, 0.3) is 0 Å². The Morgan fingerprint density at radius 2 is 1.83 bits per heavy atom. The van der Waals surface area contributed by atoms with Crippen LogP contribution in [0, 0.1) is 11.3 Å². The van der Waals surface area contributed by atoms with Crippen LogP contribution >= 0.6 is 0 Å². The highest BCUT2D eigenvalue weighted by Crippen LogP contribution is 2.58. The van der Waals surface area contributed by atoms with Gasteiger partial charge < -0.3 is 15.3 Å². The summed E-state index contributed by atoms with van der Waals surface area (Å²) in [6, 6.07) is 0. The van der Waals surface area contributed by atoms with Gasteiger partial charge in [0.15, 0.2) is 5.78 Å². The lowest BCUT2D eigenvalue weighted by Crippen LogP contribution is -2.39. The lowest BCUT2D eigenvalue weighted by molar-refractivity contribution is -0.126. The van der Waals surface area contributed by atoms with Crippen LogP contribution in [0.5, 0.6) is 0 Å². The first-order valence-corrected chi connectivity index (χ1v) is 9.87. The van der Waals surface area contributed by atoms with E-state index in [4.69, 9.17) is 0 Å². The van der Waals surface area contributed by atoms with E-state index in [9.17, 15) is 19.5 Å². The second-order valence-electron chi connectivity index (χ2n) is 7.18. The van der Waals surface area contributed by atoms with Crippen LogP contribution in [0.2, 0.25) is 0 Å². The zero-order valence-corrected chi connectivity index (χ0v) is 17.1. The van der Waals surface area contributed by atoms with Crippen LogP contribution in [0.25, 0.3) is 0 Å². The van der Waals surface area contributed by atoms with Crippen LogP contribution in [0.15, 0.2) is 50.6 Å². The van der Waals surface area contributed by atoms with Crippen LogP contribution in [0.4, 0.5) is 0 Å². The van der Waals surface area contributed by atoms with Crippen LogP contribution in [0.1, 0.15) is 25.7 Å². The maximum atomic E-state index is 12.4. The Labute approximate surface area is 173 Å². The molecule has 160 valence electrons. The highest BCUT2D eigenvalue weighted by Gasteiger charge is 2.57. The Kier molecular flexibility index (Phi) is 10.3. The molecule has 7 nitrogen and oxygen atoms in total. The summed E-state index contributed by atoms with van der Waals surface area (Å²) in [6.07, 6.45) is 7.22. The average Bonchev–Trinajstić information content (AvgIpc) is 3.45. The summed E-state index contributed by atoms with van der Waals surface area (Å²) in [6.45, 7) is 15.9. The van der Waals surface area contributed by atoms with Gasteiger partial charge in [0.05, 0.1) is 0 Å². The van der Waals surface area contributed by atoms with Gasteiger partial charge >= 0.3 is 0 Å². The van der Waals surface area contributed by atoms with Gasteiger partial charge in [-0.3, -0.25) is 19.7 Å². The Hall–Kier alpha value is -2.51. The van der Waals surface area contributed by atoms with Crippen molar-refractivity contribution in [1.29, 1.82) is 0 Å². The molecule has 7 heteroatoms. The summed E-state index contributed by atoms with van der Waals surface area (Å²) in [7, 11) is 0. The largest absolute Gasteiger partial charge is 0.375 e. The second-order valence-corrected chi connectivity index (χ2v) is 7.18. The molecule has 3 atom stereocenters. The number of nitrogens with zero attached hydrogens (tertiary/aromatic N) is 1. The lowest BCUT2D eigenvalue weighted by Gasteiger charge is -2.23. The minimum absolute atomic E-state index is 0.0231. The minimum atomic E-state index is -0.821. The van der Waals surface area contributed by atoms with E-state index < -0.39 is 11.6 Å². The second kappa shape index (κ2) is 12.1. The predicted octanol–water partition coefficient (Wildman–Crippen LogP) is 1.33. The van der Waals surface area contributed by atoms with Gasteiger partial charge in [-0.05, 0) is 55.9 Å². The molecule has 29 heavy (non-hydrogen) atoms. The smallest absolute Gasteiger partial charge is 0.245 e. The molecule has 1 fully saturated rings. The van der Waals surface area contributed by atoms with Gasteiger partial charge in [-0.25, -0.2) is 0 Å². The van der Waals surface area contributed by atoms with Gasteiger partial charge in [-0.2, -0.15) is 0 Å². The van der Waals surface area contributed by atoms with Crippen molar-refractivity contribution in [1.82, 2.24) is 15.5 Å². The van der Waals surface area contributed by atoms with Crippen molar-refractivity contribution in [3.63, 3.8) is 0 Å². The average molecular weight is 404 g/mol. The SMILES string of the molecule is C=CC(=O)NCCCC1(C(=O)C=C)CC1CCN(CCNC(O)C=C)C(=O)C=C. The third-order valence-electron chi connectivity index (χ3n) is 5.38. The summed E-state index contributed by atoms with van der Waals surface area (Å²) in [5.74, 6) is -0.214. The molecule has 1 aliphatic carbocycles. The third kappa shape index (κ3) is 7.44. The van der Waals surface area contributed by atoms with Crippen LogP contribution < -0.4 is 10.6 Å². The predicted molar refractivity (Wildman–Crippen MR) is 114 cm³/mol. The van der Waals surface area contributed by atoms with E-state index in [-0.39, 0.29) is 23.5 Å². The summed E-state index contributed by atoms with van der Waals surface area (Å²) < 4.78 is 0. The number of aliphatic hydroxyl groups excluding tert-OH is 1. The fraction of sp³-hybridized carbons (Fsp3) is 0.500. The molecule has 3 N–H and O–H groups in total. The van der Waals surface area contributed by atoms with Gasteiger partial charge in [-0.15, -0.1) is 0 Å². The Morgan fingerprint density at radius 3 is 2.41 bits per heavy atom. The zero-order chi connectivity index (χ0) is 21.9. The molecule has 0 saturated heterocycles. The van der Waals surface area contributed by atoms with Crippen molar-refractivity contribution in [2.75, 3.05) is 26.2 Å². The fourth-order valence-electron chi connectivity index (χ4n) is 3.58. The molecule has 3 unspecified atom stereocenters. The highest BCUT2D eigenvalue weighted by atomic mass is 16.3. The molecule has 1 saturated carbocycles. The molecular formula is C22H33N3O4. The molecule has 0 aliphatic heterocycles. The maximum Gasteiger partial charge on any atom is 0.245 e. The highest BCUT2D eigenvalue weighted by molar-refractivity contribution is 5.97. The molecule has 0 aromatic rings. The van der Waals surface area contributed by atoms with E-state index in [1.165, 1.54) is 24.3 Å². The number of carbonyl (C=O) groups excluding carboxylic acids is 3. The van der Waals surface area contributed by atoms with E-state index in [2.05, 4.69) is 36.9 Å². The molecule has 0 bridgehead atoms. The Balaban J connectivity index is 2.58. The first-order chi connectivity index (χ1) is 13.8. The van der Waals surface area contributed by atoms with Gasteiger partial charge in [0.1, 0.15) is 6.23 Å².